The molecule has 1 amide bonds. The van der Waals surface area contributed by atoms with Gasteiger partial charge < -0.3 is 29.1 Å². The van der Waals surface area contributed by atoms with E-state index in [1.54, 1.807) is 0 Å². The molecular formula is C32H38F2N6O3. The second-order valence-corrected chi connectivity index (χ2v) is 12.1. The van der Waals surface area contributed by atoms with Crippen molar-refractivity contribution in [3.05, 3.63) is 47.3 Å². The topological polar surface area (TPSA) is 74.3 Å². The summed E-state index contributed by atoms with van der Waals surface area (Å²) in [7, 11) is 0. The van der Waals surface area contributed by atoms with Crippen molar-refractivity contribution in [2.24, 2.45) is 0 Å². The van der Waals surface area contributed by atoms with Crippen molar-refractivity contribution in [1.82, 2.24) is 14.9 Å². The van der Waals surface area contributed by atoms with Gasteiger partial charge in [-0.05, 0) is 25.8 Å². The summed E-state index contributed by atoms with van der Waals surface area (Å²) in [5.74, 6) is -0.456. The lowest BCUT2D eigenvalue weighted by Crippen LogP contribution is -2.49. The molecular weight excluding hydrogens is 554 g/mol. The first-order valence-electron chi connectivity index (χ1n) is 15.4. The molecule has 4 aliphatic heterocycles. The monoisotopic (exact) mass is 592 g/mol. The van der Waals surface area contributed by atoms with Gasteiger partial charge in [0.2, 0.25) is 5.91 Å². The molecule has 0 saturated carbocycles. The fraction of sp³-hybridized carbons (Fsp3) is 0.531. The molecule has 3 aromatic rings. The number of aromatic nitrogens is 2. The number of rotatable bonds is 4. The van der Waals surface area contributed by atoms with Gasteiger partial charge >= 0.3 is 0 Å². The minimum atomic E-state index is -0.657. The van der Waals surface area contributed by atoms with Gasteiger partial charge in [0.1, 0.15) is 17.5 Å². The number of carbonyl (C=O) groups excluding carboxylic acids is 1. The van der Waals surface area contributed by atoms with Crippen molar-refractivity contribution in [1.29, 1.82) is 0 Å². The Labute approximate surface area is 250 Å². The highest BCUT2D eigenvalue weighted by atomic mass is 19.1. The number of pyridine rings is 2. The van der Waals surface area contributed by atoms with Crippen molar-refractivity contribution >= 4 is 39.7 Å². The Morgan fingerprint density at radius 3 is 2.40 bits per heavy atom. The van der Waals surface area contributed by atoms with Crippen LogP contribution in [0, 0.1) is 18.6 Å². The maximum atomic E-state index is 15.9. The van der Waals surface area contributed by atoms with E-state index in [1.807, 2.05) is 24.9 Å². The van der Waals surface area contributed by atoms with E-state index in [1.165, 1.54) is 6.07 Å². The Balaban J connectivity index is 1.38. The number of anilines is 4. The predicted octanol–water partition coefficient (Wildman–Crippen LogP) is 4.31. The molecule has 0 aliphatic carbocycles. The van der Waals surface area contributed by atoms with Crippen LogP contribution in [-0.4, -0.2) is 93.0 Å². The molecule has 3 fully saturated rings. The Bertz CT molecular complexity index is 1550. The highest BCUT2D eigenvalue weighted by molar-refractivity contribution is 5.99. The van der Waals surface area contributed by atoms with Gasteiger partial charge in [0.15, 0.2) is 0 Å². The summed E-state index contributed by atoms with van der Waals surface area (Å²) in [4.78, 5) is 30.8. The summed E-state index contributed by atoms with van der Waals surface area (Å²) in [5.41, 5.74) is 4.56. The summed E-state index contributed by atoms with van der Waals surface area (Å²) in [6.45, 7) is 11.0. The van der Waals surface area contributed by atoms with Gasteiger partial charge in [0.25, 0.3) is 0 Å². The first kappa shape index (κ1) is 28.2. The molecule has 0 unspecified atom stereocenters. The maximum absolute atomic E-state index is 15.9. The van der Waals surface area contributed by atoms with Gasteiger partial charge in [-0.1, -0.05) is 6.92 Å². The molecule has 2 aromatic heterocycles. The fourth-order valence-corrected chi connectivity index (χ4v) is 7.28. The lowest BCUT2D eigenvalue weighted by molar-refractivity contribution is -0.131. The van der Waals surface area contributed by atoms with E-state index in [9.17, 15) is 9.18 Å². The Kier molecular flexibility index (Phi) is 7.33. The summed E-state index contributed by atoms with van der Waals surface area (Å²) in [6.07, 6.45) is 4.07. The number of hydrogen-bond donors (Lipinski definition) is 0. The molecule has 0 N–H and O–H groups in total. The van der Waals surface area contributed by atoms with Gasteiger partial charge in [0.05, 0.1) is 53.1 Å². The molecule has 4 aliphatic rings. The molecule has 0 atom stereocenters. The molecule has 1 aromatic carbocycles. The Morgan fingerprint density at radius 1 is 0.953 bits per heavy atom. The van der Waals surface area contributed by atoms with Crippen LogP contribution in [0.15, 0.2) is 24.4 Å². The van der Waals surface area contributed by atoms with Crippen molar-refractivity contribution in [2.45, 2.75) is 38.5 Å². The van der Waals surface area contributed by atoms with Crippen LogP contribution in [-0.2, 0) is 19.7 Å². The highest BCUT2D eigenvalue weighted by Gasteiger charge is 2.47. The SMILES string of the molecule is CCC(=O)N1CCN(c2nc3cc(F)cc(F)c3c(N3CC4(CCOCC4)c4ncc(N5CCOCC5)cc43)c2C)CC1. The summed E-state index contributed by atoms with van der Waals surface area (Å²) >= 11 is 0. The van der Waals surface area contributed by atoms with Gasteiger partial charge in [-0.2, -0.15) is 0 Å². The van der Waals surface area contributed by atoms with Crippen LogP contribution in [0.1, 0.15) is 37.4 Å². The number of benzene rings is 1. The molecule has 0 radical (unpaired) electrons. The van der Waals surface area contributed by atoms with Crippen LogP contribution < -0.4 is 14.7 Å². The number of fused-ring (bicyclic) bond motifs is 3. The van der Waals surface area contributed by atoms with Gasteiger partial charge in [-0.3, -0.25) is 9.78 Å². The zero-order chi connectivity index (χ0) is 29.7. The standard InChI is InChI=1S/C32H38F2N6O3/c1-3-27(41)38-6-8-39(9-7-38)31-21(2)29(28-24(34)16-22(33)17-25(28)36-31)40-20-32(4-12-42-13-5-32)30-26(40)18-23(19-35-30)37-10-14-43-15-11-37/h16-19H,3-15,20H2,1-2H3. The first-order chi connectivity index (χ1) is 20.9. The van der Waals surface area contributed by atoms with E-state index < -0.39 is 11.6 Å². The van der Waals surface area contributed by atoms with Crippen molar-refractivity contribution in [3.8, 4) is 0 Å². The average molecular weight is 593 g/mol. The van der Waals surface area contributed by atoms with E-state index in [-0.39, 0.29) is 16.8 Å². The molecule has 7 rings (SSSR count). The van der Waals surface area contributed by atoms with Crippen LogP contribution in [0.25, 0.3) is 10.9 Å². The zero-order valence-electron chi connectivity index (χ0n) is 24.9. The van der Waals surface area contributed by atoms with Crippen molar-refractivity contribution in [2.75, 3.05) is 86.9 Å². The van der Waals surface area contributed by atoms with Crippen molar-refractivity contribution < 1.29 is 23.0 Å². The van der Waals surface area contributed by atoms with E-state index in [0.29, 0.717) is 82.5 Å². The molecule has 43 heavy (non-hydrogen) atoms. The number of morpholine rings is 1. The predicted molar refractivity (Wildman–Crippen MR) is 161 cm³/mol. The van der Waals surface area contributed by atoms with E-state index in [2.05, 4.69) is 20.8 Å². The number of nitrogens with zero attached hydrogens (tertiary/aromatic N) is 6. The fourth-order valence-electron chi connectivity index (χ4n) is 7.28. The van der Waals surface area contributed by atoms with Crippen LogP contribution in [0.5, 0.6) is 0 Å². The van der Waals surface area contributed by atoms with E-state index >= 15 is 4.39 Å². The summed E-state index contributed by atoms with van der Waals surface area (Å²) in [6, 6.07) is 4.45. The van der Waals surface area contributed by atoms with Crippen LogP contribution in [0.2, 0.25) is 0 Å². The smallest absolute Gasteiger partial charge is 0.222 e. The Morgan fingerprint density at radius 2 is 1.67 bits per heavy atom. The van der Waals surface area contributed by atoms with E-state index in [0.717, 1.165) is 54.6 Å². The average Bonchev–Trinajstić information content (AvgIpc) is 3.33. The van der Waals surface area contributed by atoms with Crippen molar-refractivity contribution in [3.63, 3.8) is 0 Å². The molecule has 228 valence electrons. The number of piperazine rings is 1. The summed E-state index contributed by atoms with van der Waals surface area (Å²) < 4.78 is 41.9. The molecule has 3 saturated heterocycles. The second-order valence-electron chi connectivity index (χ2n) is 12.1. The van der Waals surface area contributed by atoms with Gasteiger partial charge in [-0.15, -0.1) is 0 Å². The van der Waals surface area contributed by atoms with Gasteiger partial charge in [-0.25, -0.2) is 13.8 Å². The molecule has 9 nitrogen and oxygen atoms in total. The van der Waals surface area contributed by atoms with Crippen LogP contribution >= 0.6 is 0 Å². The number of amides is 1. The lowest BCUT2D eigenvalue weighted by atomic mass is 9.78. The molecule has 1 spiro atoms. The largest absolute Gasteiger partial charge is 0.381 e. The van der Waals surface area contributed by atoms with Crippen LogP contribution in [0.4, 0.5) is 31.7 Å². The third kappa shape index (κ3) is 4.86. The number of carbonyl (C=O) groups is 1. The zero-order valence-corrected chi connectivity index (χ0v) is 24.9. The number of hydrogen-bond acceptors (Lipinski definition) is 8. The molecule has 0 bridgehead atoms. The Hall–Kier alpha value is -3.57. The highest BCUT2D eigenvalue weighted by Crippen LogP contribution is 2.52. The summed E-state index contributed by atoms with van der Waals surface area (Å²) in [5, 5.41) is 0.314. The maximum Gasteiger partial charge on any atom is 0.222 e. The first-order valence-corrected chi connectivity index (χ1v) is 15.4. The molecule has 11 heteroatoms. The minimum absolute atomic E-state index is 0.131. The van der Waals surface area contributed by atoms with Crippen LogP contribution in [0.3, 0.4) is 0 Å². The van der Waals surface area contributed by atoms with Gasteiger partial charge in [0, 0.05) is 88.6 Å². The third-order valence-corrected chi connectivity index (χ3v) is 9.63. The normalized spacial score (nSPS) is 20.3. The van der Waals surface area contributed by atoms with E-state index in [4.69, 9.17) is 19.4 Å². The third-order valence-electron chi connectivity index (χ3n) is 9.63. The number of halogens is 2. The quantitative estimate of drug-likeness (QED) is 0.444. The minimum Gasteiger partial charge on any atom is -0.381 e. The second kappa shape index (κ2) is 11.2. The number of ether oxygens (including phenoxy) is 2. The lowest BCUT2D eigenvalue weighted by Gasteiger charge is -2.37. The molecule has 6 heterocycles.